The van der Waals surface area contributed by atoms with Crippen LogP contribution in [0.25, 0.3) is 0 Å². The summed E-state index contributed by atoms with van der Waals surface area (Å²) in [5.74, 6) is 0.329. The second kappa shape index (κ2) is 40.8. The van der Waals surface area contributed by atoms with Gasteiger partial charge in [0, 0.05) is 12.8 Å². The maximum Gasteiger partial charge on any atom is 0.364 e. The zero-order valence-corrected chi connectivity index (χ0v) is 74.3. The lowest BCUT2D eigenvalue weighted by molar-refractivity contribution is -0.196. The molecule has 2 N–H and O–H groups in total. The summed E-state index contributed by atoms with van der Waals surface area (Å²) in [6.07, 6.45) is 4.96. The molecule has 672 valence electrons. The molecule has 9 aromatic carbocycles. The summed E-state index contributed by atoms with van der Waals surface area (Å²) < 4.78 is 188. The monoisotopic (exact) mass is 1850 g/mol. The van der Waals surface area contributed by atoms with Crippen molar-refractivity contribution >= 4 is 80.9 Å². The van der Waals surface area contributed by atoms with Crippen molar-refractivity contribution in [3.63, 3.8) is 0 Å². The van der Waals surface area contributed by atoms with Gasteiger partial charge in [0.05, 0.1) is 89.2 Å². The number of halogens is 6. The minimum atomic E-state index is -6.13. The van der Waals surface area contributed by atoms with Crippen LogP contribution in [0.5, 0.6) is 0 Å². The van der Waals surface area contributed by atoms with Gasteiger partial charge >= 0.3 is 28.4 Å². The van der Waals surface area contributed by atoms with Gasteiger partial charge in [-0.1, -0.05) is 164 Å². The molecule has 6 unspecified atom stereocenters. The molecule has 0 amide bonds. The van der Waals surface area contributed by atoms with Crippen molar-refractivity contribution in [2.75, 3.05) is 25.6 Å². The molecule has 12 aliphatic carbocycles. The van der Waals surface area contributed by atoms with Crippen LogP contribution in [0.1, 0.15) is 128 Å². The number of aliphatic hydroxyl groups is 2. The van der Waals surface area contributed by atoms with E-state index in [0.29, 0.717) is 61.7 Å². The highest BCUT2D eigenvalue weighted by molar-refractivity contribution is 7.97. The summed E-state index contributed by atoms with van der Waals surface area (Å²) in [5, 5.41) is 11.0. The van der Waals surface area contributed by atoms with Gasteiger partial charge in [-0.3, -0.25) is 14.4 Å². The molecule has 17 nitrogen and oxygen atoms in total. The zero-order valence-electron chi connectivity index (χ0n) is 69.4. The SMILES string of the molecule is O=C(OCCC(F)C(F)(F)S(=O)(=O)[O-])C12CC3CC(CC(C3)C1)C2.O=C(OCCC(F)C(F)(F)S(=O)(=O)[O-])C12CC3CC(CC(O)(C3)C1)C2.O=C(OCCS(=O)(=O)[O-])C12CC3CC(CC(O)(C3)C1)C2.c1ccc([S+](c2ccccc2)c2ccccc2)cc1.c1ccc([S+](c2ccccc2)c2ccccc2)cc1.c1ccc([S+](c2ccccc2)c2ccccc2)cc1. The molecule has 0 radical (unpaired) electrons. The number of ether oxygens (including phenoxy) is 3. The first-order valence-corrected chi connectivity index (χ1v) is 50.5. The molecule has 29 heteroatoms. The van der Waals surface area contributed by atoms with Crippen LogP contribution < -0.4 is 0 Å². The van der Waals surface area contributed by atoms with E-state index in [-0.39, 0.29) is 57.5 Å². The lowest BCUT2D eigenvalue weighted by Crippen LogP contribution is -2.58. The fourth-order valence-corrected chi connectivity index (χ4v) is 28.8. The number of hydrogen-bond donors (Lipinski definition) is 2. The van der Waals surface area contributed by atoms with Crippen molar-refractivity contribution in [1.29, 1.82) is 0 Å². The molecular formula is C97H104F6O17S6. The van der Waals surface area contributed by atoms with E-state index in [1.807, 2.05) is 0 Å². The summed E-state index contributed by atoms with van der Waals surface area (Å²) in [4.78, 5) is 49.4. The van der Waals surface area contributed by atoms with Crippen LogP contribution in [0, 0.1) is 57.7 Å². The van der Waals surface area contributed by atoms with Gasteiger partial charge in [-0.25, -0.2) is 34.0 Å². The summed E-state index contributed by atoms with van der Waals surface area (Å²) in [6.45, 7) is -1.80. The van der Waals surface area contributed by atoms with Gasteiger partial charge in [-0.15, -0.1) is 0 Å². The Morgan fingerprint density at radius 3 is 0.714 bits per heavy atom. The molecule has 0 aliphatic heterocycles. The Balaban J connectivity index is 0.000000130. The van der Waals surface area contributed by atoms with E-state index in [4.69, 9.17) is 14.2 Å². The molecule has 21 rings (SSSR count). The van der Waals surface area contributed by atoms with Crippen LogP contribution in [-0.2, 0) is 91.6 Å². The Bertz CT molecular complexity index is 4800. The first-order chi connectivity index (χ1) is 59.9. The largest absolute Gasteiger partial charge is 0.748 e. The highest BCUT2D eigenvalue weighted by atomic mass is 32.2. The van der Waals surface area contributed by atoms with Gasteiger partial charge in [-0.2, -0.15) is 17.6 Å². The summed E-state index contributed by atoms with van der Waals surface area (Å²) in [6, 6.07) is 96.5. The van der Waals surface area contributed by atoms with Crippen LogP contribution >= 0.6 is 0 Å². The number of alkyl halides is 6. The normalized spacial score (nSPS) is 26.2. The minimum Gasteiger partial charge on any atom is -0.748 e. The Hall–Kier alpha value is -8.33. The predicted octanol–water partition coefficient (Wildman–Crippen LogP) is 19.1. The molecule has 12 fully saturated rings. The third-order valence-electron chi connectivity index (χ3n) is 25.4. The van der Waals surface area contributed by atoms with E-state index in [2.05, 4.69) is 273 Å². The van der Waals surface area contributed by atoms with E-state index in [1.165, 1.54) is 44.1 Å². The number of benzene rings is 9. The second-order valence-corrected chi connectivity index (χ2v) is 45.6. The fraction of sp³-hybridized carbons (Fsp3) is 0.412. The van der Waals surface area contributed by atoms with Crippen LogP contribution in [-0.4, -0.2) is 127 Å². The van der Waals surface area contributed by atoms with Crippen LogP contribution in [0.3, 0.4) is 0 Å². The Morgan fingerprint density at radius 1 is 0.325 bits per heavy atom. The highest BCUT2D eigenvalue weighted by Crippen LogP contribution is 2.64. The van der Waals surface area contributed by atoms with Crippen molar-refractivity contribution in [1.82, 2.24) is 0 Å². The molecule has 0 spiro atoms. The predicted molar refractivity (Wildman–Crippen MR) is 465 cm³/mol. The van der Waals surface area contributed by atoms with Crippen LogP contribution in [0.15, 0.2) is 317 Å². The fourth-order valence-electron chi connectivity index (χ4n) is 21.4. The van der Waals surface area contributed by atoms with Gasteiger partial charge in [0.15, 0.2) is 76.6 Å². The standard InChI is InChI=1S/3C18H15S.C15H21F3O6S.C15H21F3O5S.C13H20O6S/c3*1-4-10-16(11-5-1)19(17-12-6-2-7-13-17)18-14-8-3-9-15-18;16-11(15(17,18)25(21,22)23)1-2-24-12(19)13-4-9-3-10(5-13)7-14(20,6-9)8-13;16-12(15(17,18)24(20,21)22)1-2-23-13(19)14-6-9-3-10(7-14)5-11(4-9)8-14;14-11(19-1-2-20(16,17)18)12-4-9-3-10(5-12)7-13(15,6-9)8-12/h3*1-15H;9-11,20H,1-8H2,(H,21,22,23);9-12H,1-8H2,(H,20,21,22);9-10,15H,1-8H2,(H,16,17,18)/q3*+1;;;/p-3. The average Bonchev–Trinajstić information content (AvgIpc) is 0.721. The van der Waals surface area contributed by atoms with E-state index < -0.39 is 130 Å². The average molecular weight is 1850 g/mol. The molecular weight excluding hydrogens is 1740 g/mol. The lowest BCUT2D eigenvalue weighted by atomic mass is 9.48. The summed E-state index contributed by atoms with van der Waals surface area (Å²) in [7, 11) is -16.6. The van der Waals surface area contributed by atoms with Gasteiger partial charge in [0.2, 0.25) is 0 Å². The van der Waals surface area contributed by atoms with E-state index in [0.717, 1.165) is 77.0 Å². The summed E-state index contributed by atoms with van der Waals surface area (Å²) in [5.41, 5.74) is -3.79. The van der Waals surface area contributed by atoms with Crippen molar-refractivity contribution in [2.45, 2.75) is 207 Å². The third kappa shape index (κ3) is 23.6. The molecule has 6 atom stereocenters. The maximum absolute atomic E-state index is 13.4. The highest BCUT2D eigenvalue weighted by Gasteiger charge is 2.63. The molecule has 12 saturated carbocycles. The van der Waals surface area contributed by atoms with Crippen molar-refractivity contribution in [3.8, 4) is 0 Å². The minimum absolute atomic E-state index is 0.0146. The molecule has 0 heterocycles. The quantitative estimate of drug-likeness (QED) is 0.0177. The number of carbonyl (C=O) groups is 3. The summed E-state index contributed by atoms with van der Waals surface area (Å²) >= 11 is 0. The first-order valence-electron chi connectivity index (χ1n) is 42.5. The van der Waals surface area contributed by atoms with Crippen LogP contribution in [0.4, 0.5) is 26.3 Å². The van der Waals surface area contributed by atoms with Gasteiger partial charge in [0.1, 0.15) is 6.61 Å². The Morgan fingerprint density at radius 2 is 0.516 bits per heavy atom. The van der Waals surface area contributed by atoms with E-state index in [1.54, 1.807) is 0 Å². The lowest BCUT2D eigenvalue weighted by Gasteiger charge is -2.58. The zero-order chi connectivity index (χ0) is 89.8. The molecule has 12 bridgehead atoms. The van der Waals surface area contributed by atoms with Gasteiger partial charge in [0.25, 0.3) is 0 Å². The molecule has 9 aromatic rings. The Labute approximate surface area is 742 Å². The number of esters is 3. The Kier molecular flexibility index (Phi) is 30.8. The molecule has 126 heavy (non-hydrogen) atoms. The van der Waals surface area contributed by atoms with E-state index in [9.17, 15) is 89.9 Å². The maximum atomic E-state index is 13.4. The number of rotatable bonds is 25. The topological polar surface area (TPSA) is 291 Å². The van der Waals surface area contributed by atoms with Crippen molar-refractivity contribution < 1.29 is 104 Å². The third-order valence-corrected chi connectivity index (χ3v) is 34.6. The van der Waals surface area contributed by atoms with Gasteiger partial charge < -0.3 is 38.1 Å². The second-order valence-electron chi connectivity index (χ2n) is 35.1. The van der Waals surface area contributed by atoms with Crippen LogP contribution in [0.2, 0.25) is 0 Å². The van der Waals surface area contributed by atoms with E-state index >= 15 is 0 Å². The smallest absolute Gasteiger partial charge is 0.364 e. The van der Waals surface area contributed by atoms with Gasteiger partial charge in [-0.05, 0) is 266 Å². The molecule has 12 aliphatic rings. The first kappa shape index (κ1) is 95.3. The molecule has 0 aromatic heterocycles. The number of hydrogen-bond acceptors (Lipinski definition) is 17. The van der Waals surface area contributed by atoms with Crippen molar-refractivity contribution in [3.05, 3.63) is 273 Å². The van der Waals surface area contributed by atoms with Crippen molar-refractivity contribution in [2.24, 2.45) is 57.7 Å². The number of carbonyl (C=O) groups excluding carboxylic acids is 3. The molecule has 0 saturated heterocycles.